The fourth-order valence-electron chi connectivity index (χ4n) is 6.05. The minimum atomic E-state index is -0.667. The number of aliphatic hydroxyl groups is 3. The van der Waals surface area contributed by atoms with Gasteiger partial charge in [-0.3, -0.25) is 0 Å². The Bertz CT molecular complexity index is 665. The molecule has 0 amide bonds. The standard InChI is InChI=1S/C33H60O6/c1-3-4-5-6-7-8-12-15-18-21-29(35)31-22-23-32(39-31)30(36)25-28(34)20-17-14-11-9-10-13-16-19-27-24-26(2)38-33(27)37/h24,26,28-32,34-36H,3-23,25H2,1-2H3/t26-,28?,29-,30-,31-,32-/m0/s1. The number of cyclic esters (lactones) is 1. The highest BCUT2D eigenvalue weighted by Gasteiger charge is 2.35. The Balaban J connectivity index is 1.42. The number of carbonyl (C=O) groups excluding carboxylic acids is 1. The first kappa shape index (κ1) is 34.3. The zero-order valence-electron chi connectivity index (χ0n) is 25.2. The Morgan fingerprint density at radius 1 is 0.744 bits per heavy atom. The van der Waals surface area contributed by atoms with Crippen LogP contribution in [0.4, 0.5) is 0 Å². The third kappa shape index (κ3) is 15.0. The van der Waals surface area contributed by atoms with Gasteiger partial charge in [0.15, 0.2) is 0 Å². The fraction of sp³-hybridized carbons (Fsp3) is 0.909. The van der Waals surface area contributed by atoms with Crippen molar-refractivity contribution in [2.75, 3.05) is 0 Å². The lowest BCUT2D eigenvalue weighted by Gasteiger charge is -2.23. The summed E-state index contributed by atoms with van der Waals surface area (Å²) in [6, 6.07) is 0. The molecule has 6 nitrogen and oxygen atoms in total. The molecule has 1 unspecified atom stereocenters. The summed E-state index contributed by atoms with van der Waals surface area (Å²) in [4.78, 5) is 11.6. The van der Waals surface area contributed by atoms with Crippen molar-refractivity contribution in [1.82, 2.24) is 0 Å². The molecule has 1 saturated heterocycles. The fourth-order valence-corrected chi connectivity index (χ4v) is 6.05. The monoisotopic (exact) mass is 552 g/mol. The summed E-state index contributed by atoms with van der Waals surface area (Å²) < 4.78 is 11.1. The molecule has 3 N–H and O–H groups in total. The SMILES string of the molecule is CCCCCCCCCCC[C@H](O)[C@@H]1CC[C@@H]([C@@H](O)CC(O)CCCCCCCCCC2=C[C@H](C)OC2=O)O1. The second-order valence-corrected chi connectivity index (χ2v) is 12.2. The van der Waals surface area contributed by atoms with Gasteiger partial charge in [0.2, 0.25) is 0 Å². The topological polar surface area (TPSA) is 96.2 Å². The Kier molecular flexibility index (Phi) is 18.3. The molecule has 2 aliphatic heterocycles. The molecule has 0 bridgehead atoms. The zero-order chi connectivity index (χ0) is 28.3. The highest BCUT2D eigenvalue weighted by Crippen LogP contribution is 2.28. The van der Waals surface area contributed by atoms with E-state index in [1.165, 1.54) is 64.2 Å². The molecule has 39 heavy (non-hydrogen) atoms. The van der Waals surface area contributed by atoms with Gasteiger partial charge in [-0.15, -0.1) is 0 Å². The molecule has 6 atom stereocenters. The van der Waals surface area contributed by atoms with Gasteiger partial charge in [-0.05, 0) is 51.5 Å². The van der Waals surface area contributed by atoms with Crippen LogP contribution < -0.4 is 0 Å². The number of aliphatic hydroxyl groups excluding tert-OH is 3. The van der Waals surface area contributed by atoms with E-state index in [0.717, 1.165) is 69.8 Å². The molecule has 0 aliphatic carbocycles. The lowest BCUT2D eigenvalue weighted by Crippen LogP contribution is -2.33. The van der Waals surface area contributed by atoms with E-state index < -0.39 is 18.3 Å². The van der Waals surface area contributed by atoms with Gasteiger partial charge in [0.25, 0.3) is 0 Å². The van der Waals surface area contributed by atoms with Crippen molar-refractivity contribution in [3.05, 3.63) is 11.6 Å². The van der Waals surface area contributed by atoms with Gasteiger partial charge >= 0.3 is 5.97 Å². The van der Waals surface area contributed by atoms with Crippen molar-refractivity contribution < 1.29 is 29.6 Å². The average Bonchev–Trinajstić information content (AvgIpc) is 3.53. The van der Waals surface area contributed by atoms with E-state index in [4.69, 9.17) is 9.47 Å². The van der Waals surface area contributed by atoms with Crippen LogP contribution in [0.15, 0.2) is 11.6 Å². The number of hydrogen-bond donors (Lipinski definition) is 3. The molecule has 6 heteroatoms. The van der Waals surface area contributed by atoms with E-state index in [1.54, 1.807) is 0 Å². The maximum Gasteiger partial charge on any atom is 0.334 e. The highest BCUT2D eigenvalue weighted by atomic mass is 16.5. The van der Waals surface area contributed by atoms with Gasteiger partial charge in [-0.1, -0.05) is 103 Å². The molecule has 2 aliphatic rings. The Labute approximate surface area is 238 Å². The lowest BCUT2D eigenvalue weighted by atomic mass is 9.98. The van der Waals surface area contributed by atoms with E-state index in [-0.39, 0.29) is 24.3 Å². The largest absolute Gasteiger partial charge is 0.455 e. The van der Waals surface area contributed by atoms with Gasteiger partial charge in [0, 0.05) is 12.0 Å². The van der Waals surface area contributed by atoms with Crippen LogP contribution in [-0.4, -0.2) is 57.9 Å². The number of esters is 1. The molecule has 1 fully saturated rings. The summed E-state index contributed by atoms with van der Waals surface area (Å²) in [6.07, 6.45) is 23.2. The highest BCUT2D eigenvalue weighted by molar-refractivity contribution is 5.90. The third-order valence-corrected chi connectivity index (χ3v) is 8.54. The summed E-state index contributed by atoms with van der Waals surface area (Å²) in [7, 11) is 0. The molecule has 0 aromatic rings. The van der Waals surface area contributed by atoms with Gasteiger partial charge in [0.1, 0.15) is 6.10 Å². The van der Waals surface area contributed by atoms with E-state index >= 15 is 0 Å². The molecular formula is C33H60O6. The van der Waals surface area contributed by atoms with E-state index in [1.807, 2.05) is 13.0 Å². The molecule has 0 radical (unpaired) electrons. The minimum Gasteiger partial charge on any atom is -0.455 e. The summed E-state index contributed by atoms with van der Waals surface area (Å²) >= 11 is 0. The van der Waals surface area contributed by atoms with Crippen molar-refractivity contribution in [2.24, 2.45) is 0 Å². The second-order valence-electron chi connectivity index (χ2n) is 12.2. The summed E-state index contributed by atoms with van der Waals surface area (Å²) in [6.45, 7) is 4.14. The molecule has 0 spiro atoms. The number of ether oxygens (including phenoxy) is 2. The smallest absolute Gasteiger partial charge is 0.334 e. The van der Waals surface area contributed by atoms with Crippen molar-refractivity contribution in [3.63, 3.8) is 0 Å². The Morgan fingerprint density at radius 3 is 1.82 bits per heavy atom. The first-order valence-corrected chi connectivity index (χ1v) is 16.5. The van der Waals surface area contributed by atoms with Gasteiger partial charge in [-0.2, -0.15) is 0 Å². The lowest BCUT2D eigenvalue weighted by molar-refractivity contribution is -0.139. The normalized spacial score (nSPS) is 23.6. The van der Waals surface area contributed by atoms with Crippen LogP contribution in [0.3, 0.4) is 0 Å². The molecule has 228 valence electrons. The predicted octanol–water partition coefficient (Wildman–Crippen LogP) is 7.31. The Morgan fingerprint density at radius 2 is 1.26 bits per heavy atom. The van der Waals surface area contributed by atoms with Crippen molar-refractivity contribution in [1.29, 1.82) is 0 Å². The maximum absolute atomic E-state index is 11.6. The minimum absolute atomic E-state index is 0.0707. The molecule has 0 aromatic heterocycles. The van der Waals surface area contributed by atoms with Gasteiger partial charge < -0.3 is 24.8 Å². The van der Waals surface area contributed by atoms with Crippen LogP contribution in [0.25, 0.3) is 0 Å². The average molecular weight is 553 g/mol. The predicted molar refractivity (Wildman–Crippen MR) is 158 cm³/mol. The maximum atomic E-state index is 11.6. The summed E-state index contributed by atoms with van der Waals surface area (Å²) in [5.41, 5.74) is 0.836. The first-order valence-electron chi connectivity index (χ1n) is 16.5. The zero-order valence-corrected chi connectivity index (χ0v) is 25.2. The van der Waals surface area contributed by atoms with Gasteiger partial charge in [-0.25, -0.2) is 4.79 Å². The number of rotatable bonds is 24. The van der Waals surface area contributed by atoms with Crippen molar-refractivity contribution in [2.45, 2.75) is 192 Å². The van der Waals surface area contributed by atoms with E-state index in [0.29, 0.717) is 12.8 Å². The third-order valence-electron chi connectivity index (χ3n) is 8.54. The molecular weight excluding hydrogens is 492 g/mol. The van der Waals surface area contributed by atoms with E-state index in [2.05, 4.69) is 6.92 Å². The van der Waals surface area contributed by atoms with Crippen LogP contribution in [0, 0.1) is 0 Å². The van der Waals surface area contributed by atoms with Crippen LogP contribution >= 0.6 is 0 Å². The Hall–Kier alpha value is -0.950. The number of unbranched alkanes of at least 4 members (excludes halogenated alkanes) is 14. The van der Waals surface area contributed by atoms with Crippen LogP contribution in [-0.2, 0) is 14.3 Å². The molecule has 2 heterocycles. The van der Waals surface area contributed by atoms with E-state index in [9.17, 15) is 20.1 Å². The van der Waals surface area contributed by atoms with Gasteiger partial charge in [0.05, 0.1) is 30.5 Å². The van der Waals surface area contributed by atoms with Crippen molar-refractivity contribution >= 4 is 5.97 Å². The quantitative estimate of drug-likeness (QED) is 0.0858. The summed E-state index contributed by atoms with van der Waals surface area (Å²) in [5, 5.41) is 31.6. The van der Waals surface area contributed by atoms with Crippen LogP contribution in [0.1, 0.15) is 155 Å². The molecule has 2 rings (SSSR count). The summed E-state index contributed by atoms with van der Waals surface area (Å²) in [5.74, 6) is -0.146. The second kappa shape index (κ2) is 20.9. The molecule has 0 aromatic carbocycles. The molecule has 0 saturated carbocycles. The first-order chi connectivity index (χ1) is 18.9. The number of hydrogen-bond acceptors (Lipinski definition) is 6. The van der Waals surface area contributed by atoms with Crippen LogP contribution in [0.5, 0.6) is 0 Å². The number of carbonyl (C=O) groups is 1. The van der Waals surface area contributed by atoms with Crippen LogP contribution in [0.2, 0.25) is 0 Å². The van der Waals surface area contributed by atoms with Crippen molar-refractivity contribution in [3.8, 4) is 0 Å².